The highest BCUT2D eigenvalue weighted by Gasteiger charge is 2.38. The molecule has 0 aromatic heterocycles. The minimum Gasteiger partial charge on any atom is -0.383 e. The van der Waals surface area contributed by atoms with E-state index in [-0.39, 0.29) is 5.41 Å². The van der Waals surface area contributed by atoms with Gasteiger partial charge in [0.2, 0.25) is 0 Å². The average molecular weight is 781 g/mol. The lowest BCUT2D eigenvalue weighted by atomic mass is 9.81. The number of amidine groups is 1. The van der Waals surface area contributed by atoms with Gasteiger partial charge in [-0.2, -0.15) is 0 Å². The summed E-state index contributed by atoms with van der Waals surface area (Å²) >= 11 is 0. The number of benzene rings is 10. The predicted molar refractivity (Wildman–Crippen MR) is 260 cm³/mol. The van der Waals surface area contributed by atoms with Crippen LogP contribution in [-0.4, -0.2) is 5.84 Å². The van der Waals surface area contributed by atoms with Gasteiger partial charge in [-0.15, -0.1) is 0 Å². The fourth-order valence-electron chi connectivity index (χ4n) is 9.90. The van der Waals surface area contributed by atoms with Gasteiger partial charge in [0.05, 0.1) is 5.70 Å². The molecule has 0 fully saturated rings. The topological polar surface area (TPSA) is 38.4 Å². The van der Waals surface area contributed by atoms with Crippen molar-refractivity contribution < 1.29 is 0 Å². The summed E-state index contributed by atoms with van der Waals surface area (Å²) < 4.78 is 0. The van der Waals surface area contributed by atoms with E-state index in [2.05, 4.69) is 190 Å². The Balaban J connectivity index is 1.07. The lowest BCUT2D eigenvalue weighted by molar-refractivity contribution is 0.661. The third-order valence-corrected chi connectivity index (χ3v) is 13.0. The smallest absolute Gasteiger partial charge is 0.131 e. The zero-order chi connectivity index (χ0) is 41.1. The number of fused-ring (bicyclic) bond motifs is 8. The first-order valence-corrected chi connectivity index (χ1v) is 21.2. The monoisotopic (exact) mass is 780 g/mol. The predicted octanol–water partition coefficient (Wildman–Crippen LogP) is 14.9. The second-order valence-electron chi connectivity index (χ2n) is 16.8. The van der Waals surface area contributed by atoms with E-state index in [0.29, 0.717) is 12.3 Å². The van der Waals surface area contributed by atoms with Crippen molar-refractivity contribution >= 4 is 54.6 Å². The van der Waals surface area contributed by atoms with Crippen molar-refractivity contribution in [3.8, 4) is 33.4 Å². The molecule has 0 amide bonds. The first-order chi connectivity index (χ1) is 29.9. The third-order valence-electron chi connectivity index (χ3n) is 13.0. The van der Waals surface area contributed by atoms with E-state index in [4.69, 9.17) is 10.7 Å². The molecule has 0 saturated carbocycles. The highest BCUT2D eigenvalue weighted by Crippen LogP contribution is 2.55. The Morgan fingerprint density at radius 3 is 1.75 bits per heavy atom. The van der Waals surface area contributed by atoms with Crippen LogP contribution in [0.15, 0.2) is 211 Å². The molecule has 10 aromatic carbocycles. The molecule has 1 aliphatic rings. The summed E-state index contributed by atoms with van der Waals surface area (Å²) in [5.41, 5.74) is 21.1. The van der Waals surface area contributed by atoms with Crippen LogP contribution in [0.5, 0.6) is 0 Å². The minimum absolute atomic E-state index is 0.111. The molecule has 290 valence electrons. The highest BCUT2D eigenvalue weighted by molar-refractivity contribution is 6.14. The molecular weight excluding hydrogens is 737 g/mol. The van der Waals surface area contributed by atoms with Crippen molar-refractivity contribution in [2.75, 3.05) is 0 Å². The fraction of sp³-hybridized carbons (Fsp3) is 0.0678. The van der Waals surface area contributed by atoms with Gasteiger partial charge in [0.15, 0.2) is 0 Å². The van der Waals surface area contributed by atoms with Gasteiger partial charge in [-0.3, -0.25) is 0 Å². The van der Waals surface area contributed by atoms with Gasteiger partial charge in [-0.1, -0.05) is 220 Å². The van der Waals surface area contributed by atoms with Crippen LogP contribution in [0.2, 0.25) is 0 Å². The summed E-state index contributed by atoms with van der Waals surface area (Å²) in [4.78, 5) is 5.17. The van der Waals surface area contributed by atoms with Gasteiger partial charge in [0, 0.05) is 16.5 Å². The van der Waals surface area contributed by atoms with Gasteiger partial charge in [0.1, 0.15) is 5.84 Å². The molecule has 0 aliphatic heterocycles. The molecule has 2 nitrogen and oxygen atoms in total. The van der Waals surface area contributed by atoms with Crippen LogP contribution in [0, 0.1) is 0 Å². The van der Waals surface area contributed by atoms with Gasteiger partial charge >= 0.3 is 0 Å². The second kappa shape index (κ2) is 14.6. The molecule has 10 aromatic rings. The van der Waals surface area contributed by atoms with Crippen molar-refractivity contribution in [3.63, 3.8) is 0 Å². The summed E-state index contributed by atoms with van der Waals surface area (Å²) in [5, 5.41) is 9.82. The maximum Gasteiger partial charge on any atom is 0.131 e. The summed E-state index contributed by atoms with van der Waals surface area (Å²) in [6.45, 7) is 4.75. The standard InChI is InChI=1S/C59H44N2/c1-59(2)53-26-14-25-52(57(53)56-43-20-9-8-16-40(43)30-35-54(56)59)50-32-31-48(44-21-10-11-22-45(44)50)49-33-34-51(47-24-13-12-23-46(47)49)55(61-58(60)41-17-4-3-5-18-41)36-28-38-27-29-39-15-6-7-19-42(39)37-38/h3-27,29-37H,28H2,1-2H3,(H2,60,61)/b55-36-. The summed E-state index contributed by atoms with van der Waals surface area (Å²) in [6, 6.07) is 72.5. The molecule has 0 saturated heterocycles. The maximum absolute atomic E-state index is 6.78. The van der Waals surface area contributed by atoms with Crippen molar-refractivity contribution in [1.29, 1.82) is 0 Å². The zero-order valence-electron chi connectivity index (χ0n) is 34.4. The van der Waals surface area contributed by atoms with Gasteiger partial charge < -0.3 is 5.73 Å². The molecule has 0 radical (unpaired) electrons. The molecule has 0 heterocycles. The fourth-order valence-corrected chi connectivity index (χ4v) is 9.90. The van der Waals surface area contributed by atoms with Gasteiger partial charge in [0.25, 0.3) is 0 Å². The number of rotatable bonds is 7. The van der Waals surface area contributed by atoms with Crippen LogP contribution in [0.25, 0.3) is 82.2 Å². The molecule has 0 spiro atoms. The van der Waals surface area contributed by atoms with Crippen LogP contribution in [0.1, 0.15) is 41.7 Å². The number of hydrogen-bond donors (Lipinski definition) is 1. The Bertz CT molecular complexity index is 3420. The quantitative estimate of drug-likeness (QED) is 0.127. The largest absolute Gasteiger partial charge is 0.383 e. The molecule has 0 unspecified atom stereocenters. The molecule has 11 rings (SSSR count). The number of nitrogens with zero attached hydrogens (tertiary/aromatic N) is 1. The highest BCUT2D eigenvalue weighted by atomic mass is 14.9. The summed E-state index contributed by atoms with van der Waals surface area (Å²) in [6.07, 6.45) is 2.95. The van der Waals surface area contributed by atoms with E-state index in [1.807, 2.05) is 30.3 Å². The summed E-state index contributed by atoms with van der Waals surface area (Å²) in [5.74, 6) is 0.492. The van der Waals surface area contributed by atoms with Gasteiger partial charge in [-0.05, 0) is 99.6 Å². The Morgan fingerprint density at radius 1 is 0.459 bits per heavy atom. The van der Waals surface area contributed by atoms with Crippen LogP contribution in [0.3, 0.4) is 0 Å². The van der Waals surface area contributed by atoms with E-state index in [1.165, 1.54) is 87.8 Å². The number of hydrogen-bond acceptors (Lipinski definition) is 1. The first-order valence-electron chi connectivity index (χ1n) is 21.2. The molecule has 0 atom stereocenters. The molecule has 61 heavy (non-hydrogen) atoms. The third kappa shape index (κ3) is 6.14. The Kier molecular flexibility index (Phi) is 8.75. The van der Waals surface area contributed by atoms with Crippen LogP contribution in [0.4, 0.5) is 0 Å². The van der Waals surface area contributed by atoms with Gasteiger partial charge in [-0.25, -0.2) is 4.99 Å². The Labute approximate surface area is 357 Å². The van der Waals surface area contributed by atoms with Crippen LogP contribution >= 0.6 is 0 Å². The molecule has 1 aliphatic carbocycles. The second-order valence-corrected chi connectivity index (χ2v) is 16.8. The molecule has 2 N–H and O–H groups in total. The number of aliphatic imine (C=N–C) groups is 1. The van der Waals surface area contributed by atoms with Crippen molar-refractivity contribution in [3.05, 3.63) is 234 Å². The summed E-state index contributed by atoms with van der Waals surface area (Å²) in [7, 11) is 0. The van der Waals surface area contributed by atoms with Crippen molar-refractivity contribution in [1.82, 2.24) is 0 Å². The maximum atomic E-state index is 6.78. The van der Waals surface area contributed by atoms with E-state index >= 15 is 0 Å². The van der Waals surface area contributed by atoms with Crippen LogP contribution < -0.4 is 5.73 Å². The van der Waals surface area contributed by atoms with E-state index < -0.39 is 0 Å². The molecule has 0 bridgehead atoms. The zero-order valence-corrected chi connectivity index (χ0v) is 34.4. The Morgan fingerprint density at radius 2 is 1.02 bits per heavy atom. The van der Waals surface area contributed by atoms with Crippen LogP contribution in [-0.2, 0) is 11.8 Å². The van der Waals surface area contributed by atoms with E-state index in [1.54, 1.807) is 0 Å². The lowest BCUT2D eigenvalue weighted by Crippen LogP contribution is -2.14. The lowest BCUT2D eigenvalue weighted by Gasteiger charge is -2.22. The normalized spacial score (nSPS) is 13.5. The van der Waals surface area contributed by atoms with E-state index in [0.717, 1.165) is 22.2 Å². The van der Waals surface area contributed by atoms with E-state index in [9.17, 15) is 0 Å². The SMILES string of the molecule is CC1(C)c2cccc(-c3ccc(-c4ccc(/C(=C/Cc5ccc6ccccc6c5)N=C(N)c5ccccc5)c5ccccc45)c4ccccc34)c2-c2c1ccc1ccccc21. The van der Waals surface area contributed by atoms with Crippen molar-refractivity contribution in [2.24, 2.45) is 10.7 Å². The Hall–Kier alpha value is -7.55. The number of nitrogens with two attached hydrogens (primary N) is 1. The molecular formula is C59H44N2. The number of allylic oxidation sites excluding steroid dienone is 1. The minimum atomic E-state index is -0.111. The molecule has 2 heteroatoms. The average Bonchev–Trinajstić information content (AvgIpc) is 3.56. The van der Waals surface area contributed by atoms with Crippen molar-refractivity contribution in [2.45, 2.75) is 25.7 Å². The first kappa shape index (κ1) is 36.5.